The molecule has 0 heterocycles. The molecule has 0 bridgehead atoms. The summed E-state index contributed by atoms with van der Waals surface area (Å²) in [5.41, 5.74) is 1.23. The highest BCUT2D eigenvalue weighted by Gasteiger charge is 2.06. The Morgan fingerprint density at radius 2 is 1.70 bits per heavy atom. The maximum atomic E-state index is 11.9. The Hall–Kier alpha value is -2.33. The molecule has 0 saturated heterocycles. The predicted molar refractivity (Wildman–Crippen MR) is 92.6 cm³/mol. The molecule has 0 fully saturated rings. The fourth-order valence-corrected chi connectivity index (χ4v) is 2.21. The van der Waals surface area contributed by atoms with Crippen LogP contribution in [-0.2, 0) is 11.2 Å². The highest BCUT2D eigenvalue weighted by molar-refractivity contribution is 5.77. The minimum atomic E-state index is 0.0446. The maximum Gasteiger partial charge on any atom is 0.234 e. The van der Waals surface area contributed by atoms with Crippen molar-refractivity contribution >= 4 is 5.91 Å². The largest absolute Gasteiger partial charge is 0.492 e. The molecular formula is C19H24N2O2. The Morgan fingerprint density at radius 3 is 2.39 bits per heavy atom. The van der Waals surface area contributed by atoms with E-state index in [2.05, 4.69) is 17.4 Å². The second-order valence-electron chi connectivity index (χ2n) is 5.48. The van der Waals surface area contributed by atoms with Gasteiger partial charge < -0.3 is 10.1 Å². The molecule has 4 heteroatoms. The number of likely N-dealkylation sites (N-methyl/N-ethyl adjacent to an activating group) is 1. The Bertz CT molecular complexity index is 572. The molecule has 4 nitrogen and oxygen atoms in total. The molecule has 0 aliphatic rings. The molecule has 2 aromatic rings. The van der Waals surface area contributed by atoms with E-state index >= 15 is 0 Å². The molecule has 0 unspecified atom stereocenters. The van der Waals surface area contributed by atoms with Crippen LogP contribution in [-0.4, -0.2) is 44.1 Å². The van der Waals surface area contributed by atoms with Crippen LogP contribution in [0, 0.1) is 0 Å². The normalized spacial score (nSPS) is 10.5. The molecule has 0 radical (unpaired) electrons. The van der Waals surface area contributed by atoms with Crippen molar-refractivity contribution in [2.45, 2.75) is 6.42 Å². The Morgan fingerprint density at radius 1 is 1.04 bits per heavy atom. The number of ether oxygens (including phenoxy) is 1. The van der Waals surface area contributed by atoms with Gasteiger partial charge in [-0.05, 0) is 31.2 Å². The number of rotatable bonds is 9. The number of para-hydroxylation sites is 1. The van der Waals surface area contributed by atoms with Crippen molar-refractivity contribution in [3.63, 3.8) is 0 Å². The topological polar surface area (TPSA) is 41.6 Å². The number of carbonyl (C=O) groups excluding carboxylic acids is 1. The van der Waals surface area contributed by atoms with Crippen molar-refractivity contribution in [2.75, 3.05) is 33.3 Å². The Balaban J connectivity index is 1.57. The van der Waals surface area contributed by atoms with E-state index in [4.69, 9.17) is 4.74 Å². The van der Waals surface area contributed by atoms with Gasteiger partial charge in [-0.3, -0.25) is 9.69 Å². The predicted octanol–water partition coefficient (Wildman–Crippen LogP) is 2.36. The average molecular weight is 312 g/mol. The van der Waals surface area contributed by atoms with Crippen molar-refractivity contribution in [1.29, 1.82) is 0 Å². The first-order valence-electron chi connectivity index (χ1n) is 7.91. The minimum absolute atomic E-state index is 0.0446. The van der Waals surface area contributed by atoms with Crippen LogP contribution in [0.3, 0.4) is 0 Å². The Labute approximate surface area is 138 Å². The van der Waals surface area contributed by atoms with E-state index in [0.29, 0.717) is 26.2 Å². The summed E-state index contributed by atoms with van der Waals surface area (Å²) in [4.78, 5) is 13.8. The lowest BCUT2D eigenvalue weighted by atomic mass is 10.1. The molecule has 23 heavy (non-hydrogen) atoms. The van der Waals surface area contributed by atoms with Gasteiger partial charge in [-0.25, -0.2) is 0 Å². The van der Waals surface area contributed by atoms with E-state index in [1.807, 2.05) is 60.5 Å². The third-order valence-corrected chi connectivity index (χ3v) is 3.48. The van der Waals surface area contributed by atoms with Crippen LogP contribution in [0.4, 0.5) is 0 Å². The van der Waals surface area contributed by atoms with Gasteiger partial charge in [-0.15, -0.1) is 0 Å². The lowest BCUT2D eigenvalue weighted by Crippen LogP contribution is -2.37. The van der Waals surface area contributed by atoms with Crippen molar-refractivity contribution in [1.82, 2.24) is 10.2 Å². The molecule has 0 aliphatic heterocycles. The summed E-state index contributed by atoms with van der Waals surface area (Å²) in [5.74, 6) is 0.899. The highest BCUT2D eigenvalue weighted by atomic mass is 16.5. The summed E-state index contributed by atoms with van der Waals surface area (Å²) < 4.78 is 5.62. The van der Waals surface area contributed by atoms with E-state index in [0.717, 1.165) is 12.2 Å². The van der Waals surface area contributed by atoms with Crippen LogP contribution in [0.2, 0.25) is 0 Å². The van der Waals surface area contributed by atoms with Gasteiger partial charge in [0, 0.05) is 13.1 Å². The number of nitrogens with zero attached hydrogens (tertiary/aromatic N) is 1. The first-order chi connectivity index (χ1) is 11.2. The van der Waals surface area contributed by atoms with Crippen LogP contribution in [0.15, 0.2) is 60.7 Å². The fraction of sp³-hybridized carbons (Fsp3) is 0.316. The van der Waals surface area contributed by atoms with Gasteiger partial charge in [0.05, 0.1) is 6.54 Å². The van der Waals surface area contributed by atoms with E-state index in [1.54, 1.807) is 0 Å². The van der Waals surface area contributed by atoms with Crippen molar-refractivity contribution in [3.05, 3.63) is 66.2 Å². The molecule has 2 aromatic carbocycles. The van der Waals surface area contributed by atoms with Crippen molar-refractivity contribution < 1.29 is 9.53 Å². The van der Waals surface area contributed by atoms with Crippen LogP contribution >= 0.6 is 0 Å². The van der Waals surface area contributed by atoms with Crippen LogP contribution in [0.5, 0.6) is 5.75 Å². The number of benzene rings is 2. The summed E-state index contributed by atoms with van der Waals surface area (Å²) in [6.45, 7) is 2.32. The standard InChI is InChI=1S/C19H24N2O2/c1-21(14-15-23-18-10-6-3-7-11-18)16-19(22)20-13-12-17-8-4-2-5-9-17/h2-11H,12-16H2,1H3,(H,20,22). The molecule has 122 valence electrons. The number of hydrogen-bond acceptors (Lipinski definition) is 3. The first-order valence-corrected chi connectivity index (χ1v) is 7.91. The van der Waals surface area contributed by atoms with Gasteiger partial charge in [0.25, 0.3) is 0 Å². The quantitative estimate of drug-likeness (QED) is 0.773. The SMILES string of the molecule is CN(CCOc1ccccc1)CC(=O)NCCc1ccccc1. The number of amides is 1. The molecule has 0 aromatic heterocycles. The third-order valence-electron chi connectivity index (χ3n) is 3.48. The molecule has 1 N–H and O–H groups in total. The molecule has 0 atom stereocenters. The van der Waals surface area contributed by atoms with E-state index in [-0.39, 0.29) is 5.91 Å². The highest BCUT2D eigenvalue weighted by Crippen LogP contribution is 2.07. The molecule has 1 amide bonds. The molecule has 2 rings (SSSR count). The second-order valence-corrected chi connectivity index (χ2v) is 5.48. The zero-order chi connectivity index (χ0) is 16.3. The monoisotopic (exact) mass is 312 g/mol. The van der Waals surface area contributed by atoms with Crippen LogP contribution in [0.25, 0.3) is 0 Å². The number of nitrogens with one attached hydrogen (secondary N) is 1. The summed E-state index contributed by atoms with van der Waals surface area (Å²) in [7, 11) is 1.92. The Kier molecular flexibility index (Phi) is 7.14. The summed E-state index contributed by atoms with van der Waals surface area (Å²) in [6, 6.07) is 19.9. The minimum Gasteiger partial charge on any atom is -0.492 e. The number of carbonyl (C=O) groups is 1. The van der Waals surface area contributed by atoms with Crippen LogP contribution < -0.4 is 10.1 Å². The lowest BCUT2D eigenvalue weighted by Gasteiger charge is -2.16. The zero-order valence-corrected chi connectivity index (χ0v) is 13.6. The van der Waals surface area contributed by atoms with E-state index < -0.39 is 0 Å². The molecule has 0 spiro atoms. The second kappa shape index (κ2) is 9.64. The van der Waals surface area contributed by atoms with Gasteiger partial charge in [-0.2, -0.15) is 0 Å². The number of hydrogen-bond donors (Lipinski definition) is 1. The van der Waals surface area contributed by atoms with Gasteiger partial charge in [0.1, 0.15) is 12.4 Å². The summed E-state index contributed by atoms with van der Waals surface area (Å²) in [6.07, 6.45) is 0.855. The first kappa shape index (κ1) is 17.0. The van der Waals surface area contributed by atoms with Gasteiger partial charge in [0.15, 0.2) is 0 Å². The third kappa shape index (κ3) is 6.98. The maximum absolute atomic E-state index is 11.9. The molecule has 0 saturated carbocycles. The van der Waals surface area contributed by atoms with Crippen molar-refractivity contribution in [3.8, 4) is 5.75 Å². The average Bonchev–Trinajstić information content (AvgIpc) is 2.57. The summed E-state index contributed by atoms with van der Waals surface area (Å²) >= 11 is 0. The molecule has 0 aliphatic carbocycles. The van der Waals surface area contributed by atoms with Gasteiger partial charge in [-0.1, -0.05) is 48.5 Å². The van der Waals surface area contributed by atoms with E-state index in [9.17, 15) is 4.79 Å². The van der Waals surface area contributed by atoms with E-state index in [1.165, 1.54) is 5.56 Å². The lowest BCUT2D eigenvalue weighted by molar-refractivity contribution is -0.121. The summed E-state index contributed by atoms with van der Waals surface area (Å²) in [5, 5.41) is 2.95. The van der Waals surface area contributed by atoms with Crippen molar-refractivity contribution in [2.24, 2.45) is 0 Å². The van der Waals surface area contributed by atoms with Gasteiger partial charge >= 0.3 is 0 Å². The smallest absolute Gasteiger partial charge is 0.234 e. The van der Waals surface area contributed by atoms with Crippen LogP contribution in [0.1, 0.15) is 5.56 Å². The fourth-order valence-electron chi connectivity index (χ4n) is 2.21. The molecular weight excluding hydrogens is 288 g/mol. The zero-order valence-electron chi connectivity index (χ0n) is 13.6. The van der Waals surface area contributed by atoms with Gasteiger partial charge in [0.2, 0.25) is 5.91 Å².